The topological polar surface area (TPSA) is 38.7 Å². The van der Waals surface area contributed by atoms with E-state index in [2.05, 4.69) is 4.99 Å². The van der Waals surface area contributed by atoms with Crippen molar-refractivity contribution in [2.45, 2.75) is 17.9 Å². The Labute approximate surface area is 127 Å². The van der Waals surface area contributed by atoms with Crippen molar-refractivity contribution in [3.05, 3.63) is 70.7 Å². The quantitative estimate of drug-likeness (QED) is 0.795. The van der Waals surface area contributed by atoms with Crippen LogP contribution in [0.15, 0.2) is 59.6 Å². The fraction of sp³-hybridized carbons (Fsp3) is 0.176. The largest absolute Gasteiger partial charge is 0.405 e. The average molecular weight is 298 g/mol. The van der Waals surface area contributed by atoms with Gasteiger partial charge in [0.05, 0.1) is 0 Å². The van der Waals surface area contributed by atoms with E-state index in [1.807, 2.05) is 54.6 Å². The Morgan fingerprint density at radius 1 is 1.10 bits per heavy atom. The molecule has 1 aliphatic heterocycles. The van der Waals surface area contributed by atoms with Gasteiger partial charge in [0.2, 0.25) is 5.90 Å². The van der Waals surface area contributed by atoms with Crippen LogP contribution in [0.1, 0.15) is 23.5 Å². The third kappa shape index (κ3) is 1.96. The molecule has 4 heteroatoms. The Kier molecular flexibility index (Phi) is 2.66. The Bertz CT molecular complexity index is 739. The van der Waals surface area contributed by atoms with Crippen molar-refractivity contribution in [1.29, 1.82) is 0 Å². The lowest BCUT2D eigenvalue weighted by atomic mass is 10.1. The second-order valence-corrected chi connectivity index (χ2v) is 5.84. The summed E-state index contributed by atoms with van der Waals surface area (Å²) in [5.74, 6) is 0.266. The molecule has 0 bridgehead atoms. The van der Waals surface area contributed by atoms with Gasteiger partial charge in [-0.15, -0.1) is 0 Å². The smallest absolute Gasteiger partial charge is 0.341 e. The number of carbonyl (C=O) groups excluding carboxylic acids is 1. The number of hydrogen-bond acceptors (Lipinski definition) is 3. The Morgan fingerprint density at radius 3 is 2.52 bits per heavy atom. The third-order valence-electron chi connectivity index (χ3n) is 4.07. The van der Waals surface area contributed by atoms with Crippen molar-refractivity contribution < 1.29 is 9.53 Å². The van der Waals surface area contributed by atoms with Gasteiger partial charge < -0.3 is 4.74 Å². The van der Waals surface area contributed by atoms with Crippen molar-refractivity contribution in [2.24, 2.45) is 4.99 Å². The molecule has 0 unspecified atom stereocenters. The molecule has 2 aliphatic rings. The number of nitrogens with zero attached hydrogens (tertiary/aromatic N) is 1. The zero-order valence-electron chi connectivity index (χ0n) is 11.1. The van der Waals surface area contributed by atoms with Gasteiger partial charge in [-0.25, -0.2) is 9.79 Å². The monoisotopic (exact) mass is 297 g/mol. The molecule has 0 aromatic heterocycles. The Morgan fingerprint density at radius 2 is 1.81 bits per heavy atom. The summed E-state index contributed by atoms with van der Waals surface area (Å²) in [6, 6.07) is 17.1. The van der Waals surface area contributed by atoms with Crippen LogP contribution in [0.25, 0.3) is 0 Å². The minimum absolute atomic E-state index is 0.0866. The summed E-state index contributed by atoms with van der Waals surface area (Å²) in [5, 5.41) is 0.691. The number of ether oxygens (including phenoxy) is 1. The lowest BCUT2D eigenvalue weighted by molar-refractivity contribution is -0.136. The van der Waals surface area contributed by atoms with Crippen LogP contribution in [0.4, 0.5) is 0 Å². The van der Waals surface area contributed by atoms with Crippen LogP contribution in [0.3, 0.4) is 0 Å². The van der Waals surface area contributed by atoms with Gasteiger partial charge in [-0.3, -0.25) is 0 Å². The predicted octanol–water partition coefficient (Wildman–Crippen LogP) is 3.57. The molecule has 2 aromatic carbocycles. The number of aliphatic imine (C=N–C) groups is 1. The third-order valence-corrected chi connectivity index (χ3v) is 4.32. The molecule has 0 amide bonds. The van der Waals surface area contributed by atoms with Crippen molar-refractivity contribution in [3.8, 4) is 0 Å². The van der Waals surface area contributed by atoms with Gasteiger partial charge in [0.1, 0.15) is 0 Å². The molecule has 21 heavy (non-hydrogen) atoms. The van der Waals surface area contributed by atoms with E-state index in [1.165, 1.54) is 0 Å². The van der Waals surface area contributed by atoms with Gasteiger partial charge in [0.25, 0.3) is 0 Å². The first-order chi connectivity index (χ1) is 10.2. The number of benzene rings is 2. The first-order valence-electron chi connectivity index (χ1n) is 6.82. The van der Waals surface area contributed by atoms with Crippen molar-refractivity contribution in [3.63, 3.8) is 0 Å². The molecule has 2 aromatic rings. The fourth-order valence-corrected chi connectivity index (χ4v) is 2.95. The normalized spacial score (nSPS) is 26.6. The van der Waals surface area contributed by atoms with Gasteiger partial charge in [-0.1, -0.05) is 41.9 Å². The van der Waals surface area contributed by atoms with E-state index >= 15 is 0 Å². The molecule has 0 saturated heterocycles. The van der Waals surface area contributed by atoms with Gasteiger partial charge in [0.15, 0.2) is 5.54 Å². The molecule has 1 saturated carbocycles. The number of carbonyl (C=O) groups is 1. The van der Waals surface area contributed by atoms with Crippen molar-refractivity contribution in [2.75, 3.05) is 0 Å². The lowest BCUT2D eigenvalue weighted by Gasteiger charge is -2.02. The maximum absolute atomic E-state index is 12.2. The van der Waals surface area contributed by atoms with Crippen LogP contribution in [0.5, 0.6) is 0 Å². The molecule has 1 heterocycles. The van der Waals surface area contributed by atoms with Gasteiger partial charge in [-0.05, 0) is 36.2 Å². The zero-order valence-corrected chi connectivity index (χ0v) is 11.9. The molecule has 0 radical (unpaired) electrons. The number of rotatable bonds is 2. The molecule has 1 spiro atoms. The van der Waals surface area contributed by atoms with Crippen LogP contribution in [0.2, 0.25) is 5.02 Å². The average Bonchev–Trinajstić information content (AvgIpc) is 3.14. The van der Waals surface area contributed by atoms with E-state index < -0.39 is 5.54 Å². The summed E-state index contributed by atoms with van der Waals surface area (Å²) >= 11 is 5.90. The SMILES string of the molecule is O=C1OC(c2ccccc2)=N[C@]12C[C@@H]2c1ccc(Cl)cc1. The minimum atomic E-state index is -0.723. The second kappa shape index (κ2) is 4.43. The molecule has 2 atom stereocenters. The molecule has 4 rings (SSSR count). The summed E-state index contributed by atoms with van der Waals surface area (Å²) in [4.78, 5) is 16.8. The van der Waals surface area contributed by atoms with Crippen molar-refractivity contribution in [1.82, 2.24) is 0 Å². The highest BCUT2D eigenvalue weighted by atomic mass is 35.5. The first-order valence-corrected chi connectivity index (χ1v) is 7.20. The highest BCUT2D eigenvalue weighted by molar-refractivity contribution is 6.30. The van der Waals surface area contributed by atoms with E-state index in [-0.39, 0.29) is 11.9 Å². The van der Waals surface area contributed by atoms with Crippen molar-refractivity contribution >= 4 is 23.5 Å². The summed E-state index contributed by atoms with van der Waals surface area (Å²) in [5.41, 5.74) is 1.19. The number of halogens is 1. The van der Waals surface area contributed by atoms with E-state index in [0.717, 1.165) is 11.1 Å². The molecule has 1 aliphatic carbocycles. The molecular formula is C17H12ClNO2. The molecule has 3 nitrogen and oxygen atoms in total. The maximum Gasteiger partial charge on any atom is 0.341 e. The van der Waals surface area contributed by atoms with E-state index in [9.17, 15) is 4.79 Å². The number of cyclic esters (lactones) is 1. The molecular weight excluding hydrogens is 286 g/mol. The van der Waals surface area contributed by atoms with Crippen LogP contribution < -0.4 is 0 Å². The molecule has 104 valence electrons. The molecule has 1 fully saturated rings. The van der Waals surface area contributed by atoms with Gasteiger partial charge >= 0.3 is 5.97 Å². The zero-order chi connectivity index (χ0) is 14.4. The second-order valence-electron chi connectivity index (χ2n) is 5.41. The number of hydrogen-bond donors (Lipinski definition) is 0. The highest BCUT2D eigenvalue weighted by Crippen LogP contribution is 2.57. The van der Waals surface area contributed by atoms with Crippen LogP contribution in [-0.4, -0.2) is 17.4 Å². The maximum atomic E-state index is 12.2. The fourth-order valence-electron chi connectivity index (χ4n) is 2.82. The highest BCUT2D eigenvalue weighted by Gasteiger charge is 2.65. The summed E-state index contributed by atoms with van der Waals surface area (Å²) < 4.78 is 5.39. The van der Waals surface area contributed by atoms with Crippen LogP contribution >= 0.6 is 11.6 Å². The Hall–Kier alpha value is -2.13. The van der Waals surface area contributed by atoms with E-state index in [4.69, 9.17) is 16.3 Å². The van der Waals surface area contributed by atoms with Crippen LogP contribution in [0, 0.1) is 0 Å². The number of esters is 1. The van der Waals surface area contributed by atoms with E-state index in [1.54, 1.807) is 0 Å². The van der Waals surface area contributed by atoms with E-state index in [0.29, 0.717) is 17.3 Å². The molecule has 0 N–H and O–H groups in total. The summed E-state index contributed by atoms with van der Waals surface area (Å²) in [7, 11) is 0. The summed E-state index contributed by atoms with van der Waals surface area (Å²) in [6.07, 6.45) is 0.698. The first kappa shape index (κ1) is 12.6. The summed E-state index contributed by atoms with van der Waals surface area (Å²) in [6.45, 7) is 0. The van der Waals surface area contributed by atoms with Gasteiger partial charge in [0, 0.05) is 16.5 Å². The Balaban J connectivity index is 1.66. The predicted molar refractivity (Wildman–Crippen MR) is 80.6 cm³/mol. The minimum Gasteiger partial charge on any atom is -0.405 e. The lowest BCUT2D eigenvalue weighted by Crippen LogP contribution is -2.18. The van der Waals surface area contributed by atoms with Crippen LogP contribution in [-0.2, 0) is 9.53 Å². The van der Waals surface area contributed by atoms with Gasteiger partial charge in [-0.2, -0.15) is 0 Å². The standard InChI is InChI=1S/C17H12ClNO2/c18-13-8-6-11(7-9-13)14-10-17(14)16(20)21-15(19-17)12-4-2-1-3-5-12/h1-9,14H,10H2/t14-,17+/m1/s1.